The maximum absolute atomic E-state index is 14.0. The van der Waals surface area contributed by atoms with Crippen LogP contribution < -0.4 is 10.1 Å². The number of amides is 1. The van der Waals surface area contributed by atoms with Gasteiger partial charge in [0, 0.05) is 19.2 Å². The van der Waals surface area contributed by atoms with E-state index in [0.29, 0.717) is 28.9 Å². The third-order valence-electron chi connectivity index (χ3n) is 5.37. The Labute approximate surface area is 199 Å². The van der Waals surface area contributed by atoms with E-state index in [9.17, 15) is 9.18 Å². The number of carbonyl (C=O) groups excluding carboxylic acids is 1. The van der Waals surface area contributed by atoms with Crippen molar-refractivity contribution in [2.45, 2.75) is 19.3 Å². The summed E-state index contributed by atoms with van der Waals surface area (Å²) in [5.41, 5.74) is 0.559. The normalized spacial score (nSPS) is 12.9. The van der Waals surface area contributed by atoms with Gasteiger partial charge in [-0.2, -0.15) is 5.10 Å². The van der Waals surface area contributed by atoms with Crippen molar-refractivity contribution in [3.63, 3.8) is 0 Å². The van der Waals surface area contributed by atoms with Crippen LogP contribution in [-0.4, -0.2) is 44.0 Å². The Kier molecular flexibility index (Phi) is 6.60. The molecule has 0 aliphatic heterocycles. The van der Waals surface area contributed by atoms with Gasteiger partial charge in [0.1, 0.15) is 11.0 Å². The van der Waals surface area contributed by atoms with Gasteiger partial charge in [0.15, 0.2) is 0 Å². The highest BCUT2D eigenvalue weighted by atomic mass is 35.5. The third-order valence-corrected chi connectivity index (χ3v) is 5.58. The van der Waals surface area contributed by atoms with Crippen LogP contribution in [0.25, 0.3) is 11.5 Å². The van der Waals surface area contributed by atoms with Gasteiger partial charge in [-0.3, -0.25) is 4.79 Å². The van der Waals surface area contributed by atoms with Gasteiger partial charge in [0.25, 0.3) is 5.89 Å². The number of aryl methyl sites for hydroxylation is 1. The van der Waals surface area contributed by atoms with E-state index in [0.717, 1.165) is 0 Å². The van der Waals surface area contributed by atoms with Crippen LogP contribution in [-0.2, 0) is 12.5 Å². The molecule has 3 aromatic heterocycles. The second-order valence-corrected chi connectivity index (χ2v) is 8.06. The summed E-state index contributed by atoms with van der Waals surface area (Å²) in [4.78, 5) is 17.3. The Balaban J connectivity index is 1.63. The lowest BCUT2D eigenvalue weighted by molar-refractivity contribution is 0.0912. The number of nitrogens with zero attached hydrogens (tertiary/aromatic N) is 5. The molecule has 0 aliphatic rings. The first-order chi connectivity index (χ1) is 16.3. The van der Waals surface area contributed by atoms with Gasteiger partial charge in [-0.1, -0.05) is 29.8 Å². The summed E-state index contributed by atoms with van der Waals surface area (Å²) in [6.45, 7) is 4.28. The first-order valence-corrected chi connectivity index (χ1v) is 10.9. The molecule has 0 saturated carbocycles. The molecule has 0 fully saturated rings. The first kappa shape index (κ1) is 23.4. The molecule has 176 valence electrons. The average molecular weight is 485 g/mol. The Morgan fingerprint density at radius 1 is 1.24 bits per heavy atom. The van der Waals surface area contributed by atoms with Gasteiger partial charge in [-0.15, -0.1) is 10.2 Å². The Morgan fingerprint density at radius 3 is 2.76 bits per heavy atom. The van der Waals surface area contributed by atoms with Gasteiger partial charge in [0.05, 0.1) is 29.5 Å². The SMILES string of the molecule is CCOc1c(C(C)(CNC(=O)c2nnc(-c3ccccc3F)o2)c2cccc(Cl)n2)cnn1C. The van der Waals surface area contributed by atoms with E-state index in [1.54, 1.807) is 42.2 Å². The number of ether oxygens (including phenoxy) is 1. The summed E-state index contributed by atoms with van der Waals surface area (Å²) in [5.74, 6) is -0.993. The predicted molar refractivity (Wildman–Crippen MR) is 122 cm³/mol. The quantitative estimate of drug-likeness (QED) is 0.379. The van der Waals surface area contributed by atoms with Gasteiger partial charge in [-0.25, -0.2) is 14.1 Å². The molecule has 0 bridgehead atoms. The molecule has 1 N–H and O–H groups in total. The zero-order chi connectivity index (χ0) is 24.3. The van der Waals surface area contributed by atoms with Crippen LogP contribution in [0.15, 0.2) is 53.1 Å². The van der Waals surface area contributed by atoms with Crippen molar-refractivity contribution in [3.8, 4) is 17.3 Å². The molecular weight excluding hydrogens is 463 g/mol. The van der Waals surface area contributed by atoms with Crippen LogP contribution in [0.4, 0.5) is 4.39 Å². The Bertz CT molecular complexity index is 1320. The van der Waals surface area contributed by atoms with Crippen molar-refractivity contribution >= 4 is 17.5 Å². The minimum absolute atomic E-state index is 0.0857. The monoisotopic (exact) mass is 484 g/mol. The maximum Gasteiger partial charge on any atom is 0.308 e. The Morgan fingerprint density at radius 2 is 2.03 bits per heavy atom. The van der Waals surface area contributed by atoms with E-state index in [4.69, 9.17) is 20.8 Å². The molecule has 3 heterocycles. The highest BCUT2D eigenvalue weighted by molar-refractivity contribution is 6.29. The fraction of sp³-hybridized carbons (Fsp3) is 0.261. The molecule has 1 aromatic carbocycles. The number of halogens is 2. The second kappa shape index (κ2) is 9.60. The van der Waals surface area contributed by atoms with Gasteiger partial charge >= 0.3 is 11.8 Å². The summed E-state index contributed by atoms with van der Waals surface area (Å²) in [6, 6.07) is 11.2. The van der Waals surface area contributed by atoms with Gasteiger partial charge < -0.3 is 14.5 Å². The van der Waals surface area contributed by atoms with Crippen molar-refractivity contribution < 1.29 is 18.3 Å². The van der Waals surface area contributed by atoms with E-state index < -0.39 is 17.1 Å². The number of hydrogen-bond donors (Lipinski definition) is 1. The van der Waals surface area contributed by atoms with E-state index in [1.165, 1.54) is 12.1 Å². The van der Waals surface area contributed by atoms with Crippen LogP contribution in [0.5, 0.6) is 5.88 Å². The summed E-state index contributed by atoms with van der Waals surface area (Å²) in [5, 5.41) is 15.0. The highest BCUT2D eigenvalue weighted by Crippen LogP contribution is 2.36. The summed E-state index contributed by atoms with van der Waals surface area (Å²) < 4.78 is 26.9. The van der Waals surface area contributed by atoms with Crippen LogP contribution in [0.2, 0.25) is 5.15 Å². The van der Waals surface area contributed by atoms with Crippen molar-refractivity contribution in [1.29, 1.82) is 0 Å². The number of benzene rings is 1. The molecule has 1 amide bonds. The third kappa shape index (κ3) is 4.49. The number of rotatable bonds is 8. The fourth-order valence-electron chi connectivity index (χ4n) is 3.54. The minimum Gasteiger partial charge on any atom is -0.478 e. The molecule has 9 nitrogen and oxygen atoms in total. The van der Waals surface area contributed by atoms with Crippen LogP contribution in [0, 0.1) is 5.82 Å². The first-order valence-electron chi connectivity index (χ1n) is 10.5. The van der Waals surface area contributed by atoms with Crippen molar-refractivity contribution in [1.82, 2.24) is 30.3 Å². The topological polar surface area (TPSA) is 108 Å². The van der Waals surface area contributed by atoms with Crippen molar-refractivity contribution in [2.24, 2.45) is 7.05 Å². The molecule has 4 rings (SSSR count). The number of hydrogen-bond acceptors (Lipinski definition) is 7. The summed E-state index contributed by atoms with van der Waals surface area (Å²) in [6.07, 6.45) is 1.67. The van der Waals surface area contributed by atoms with Crippen LogP contribution in [0.3, 0.4) is 0 Å². The largest absolute Gasteiger partial charge is 0.478 e. The van der Waals surface area contributed by atoms with Crippen molar-refractivity contribution in [2.75, 3.05) is 13.2 Å². The summed E-state index contributed by atoms with van der Waals surface area (Å²) >= 11 is 6.16. The lowest BCUT2D eigenvalue weighted by Gasteiger charge is -2.29. The molecule has 1 atom stereocenters. The number of pyridine rings is 1. The molecule has 34 heavy (non-hydrogen) atoms. The molecular formula is C23H22ClFN6O3. The maximum atomic E-state index is 14.0. The molecule has 1 unspecified atom stereocenters. The molecule has 0 spiro atoms. The van der Waals surface area contributed by atoms with Gasteiger partial charge in [0.2, 0.25) is 5.88 Å². The van der Waals surface area contributed by atoms with E-state index in [2.05, 4.69) is 25.6 Å². The average Bonchev–Trinajstić information content (AvgIpc) is 3.46. The molecule has 0 saturated heterocycles. The smallest absolute Gasteiger partial charge is 0.308 e. The zero-order valence-electron chi connectivity index (χ0n) is 18.7. The lowest BCUT2D eigenvalue weighted by atomic mass is 9.80. The number of nitrogens with one attached hydrogen (secondary N) is 1. The van der Waals surface area contributed by atoms with E-state index >= 15 is 0 Å². The summed E-state index contributed by atoms with van der Waals surface area (Å²) in [7, 11) is 1.77. The van der Waals surface area contributed by atoms with Crippen LogP contribution in [0.1, 0.15) is 35.8 Å². The Hall–Kier alpha value is -3.79. The second-order valence-electron chi connectivity index (χ2n) is 7.67. The molecule has 11 heteroatoms. The molecule has 0 radical (unpaired) electrons. The fourth-order valence-corrected chi connectivity index (χ4v) is 3.71. The zero-order valence-corrected chi connectivity index (χ0v) is 19.5. The number of aromatic nitrogens is 5. The van der Waals surface area contributed by atoms with E-state index in [1.807, 2.05) is 19.9 Å². The predicted octanol–water partition coefficient (Wildman–Crippen LogP) is 3.79. The molecule has 4 aromatic rings. The lowest BCUT2D eigenvalue weighted by Crippen LogP contribution is -2.40. The van der Waals surface area contributed by atoms with Gasteiger partial charge in [-0.05, 0) is 38.1 Å². The highest BCUT2D eigenvalue weighted by Gasteiger charge is 2.37. The van der Waals surface area contributed by atoms with E-state index in [-0.39, 0.29) is 23.9 Å². The van der Waals surface area contributed by atoms with Crippen molar-refractivity contribution in [3.05, 3.63) is 76.8 Å². The molecule has 0 aliphatic carbocycles. The minimum atomic E-state index is -0.867. The van der Waals surface area contributed by atoms with Crippen LogP contribution >= 0.6 is 11.6 Å². The standard InChI is InChI=1S/C23H22ClFN6O3/c1-4-33-22-15(12-27-31(22)3)23(2,17-10-7-11-18(24)28-17)13-26-19(32)21-30-29-20(34-21)14-8-5-6-9-16(14)25/h5-12H,4,13H2,1-3H3,(H,26,32). The number of carbonyl (C=O) groups is 1.